The number of nitrogens with zero attached hydrogens (tertiary/aromatic N) is 2. The summed E-state index contributed by atoms with van der Waals surface area (Å²) in [4.78, 5) is 52.7. The maximum Gasteiger partial charge on any atom is 0.243 e. The van der Waals surface area contributed by atoms with Gasteiger partial charge in [-0.3, -0.25) is 24.1 Å². The van der Waals surface area contributed by atoms with E-state index in [1.54, 1.807) is 4.90 Å². The molecule has 0 aromatic carbocycles. The molecular weight excluding hydrogens is 384 g/mol. The zero-order chi connectivity index (χ0) is 19.4. The lowest BCUT2D eigenvalue weighted by atomic mass is 9.81. The molecule has 3 aliphatic rings. The molecule has 3 rings (SSSR count). The van der Waals surface area contributed by atoms with Crippen LogP contribution in [0.2, 0.25) is 0 Å². The van der Waals surface area contributed by atoms with Crippen LogP contribution in [0.3, 0.4) is 0 Å². The van der Waals surface area contributed by atoms with Gasteiger partial charge in [-0.15, -0.1) is 12.4 Å². The first kappa shape index (κ1) is 22.6. The van der Waals surface area contributed by atoms with E-state index < -0.39 is 0 Å². The zero-order valence-electron chi connectivity index (χ0n) is 16.2. The van der Waals surface area contributed by atoms with Crippen molar-refractivity contribution < 1.29 is 19.2 Å². The molecule has 3 N–H and O–H groups in total. The van der Waals surface area contributed by atoms with Crippen molar-refractivity contribution in [3.8, 4) is 0 Å². The van der Waals surface area contributed by atoms with Crippen molar-refractivity contribution in [2.45, 2.75) is 57.4 Å². The summed E-state index contributed by atoms with van der Waals surface area (Å²) < 4.78 is 0. The Labute approximate surface area is 171 Å². The van der Waals surface area contributed by atoms with Crippen molar-refractivity contribution >= 4 is 36.0 Å². The first-order chi connectivity index (χ1) is 13.0. The van der Waals surface area contributed by atoms with E-state index in [4.69, 9.17) is 5.73 Å². The van der Waals surface area contributed by atoms with E-state index in [-0.39, 0.29) is 66.9 Å². The molecule has 2 saturated heterocycles. The van der Waals surface area contributed by atoms with Gasteiger partial charge in [-0.2, -0.15) is 0 Å². The van der Waals surface area contributed by atoms with Crippen molar-refractivity contribution in [2.75, 3.05) is 26.2 Å². The highest BCUT2D eigenvalue weighted by atomic mass is 35.5. The van der Waals surface area contributed by atoms with Gasteiger partial charge in [0.2, 0.25) is 23.6 Å². The Hall–Kier alpha value is -1.67. The largest absolute Gasteiger partial charge is 0.354 e. The molecular formula is C19H31ClN4O4. The maximum absolute atomic E-state index is 12.9. The normalized spacial score (nSPS) is 27.2. The third kappa shape index (κ3) is 4.84. The summed E-state index contributed by atoms with van der Waals surface area (Å²) in [6.45, 7) is 1.11. The lowest BCUT2D eigenvalue weighted by Gasteiger charge is -2.36. The Morgan fingerprint density at radius 2 is 1.61 bits per heavy atom. The van der Waals surface area contributed by atoms with E-state index in [0.29, 0.717) is 19.6 Å². The van der Waals surface area contributed by atoms with Gasteiger partial charge in [0, 0.05) is 32.1 Å². The van der Waals surface area contributed by atoms with Gasteiger partial charge in [-0.05, 0) is 32.1 Å². The Morgan fingerprint density at radius 3 is 2.21 bits per heavy atom. The Bertz CT molecular complexity index is 591. The minimum absolute atomic E-state index is 0. The second kappa shape index (κ2) is 10.2. The summed E-state index contributed by atoms with van der Waals surface area (Å²) in [5.41, 5.74) is 5.39. The third-order valence-electron chi connectivity index (χ3n) is 6.08. The van der Waals surface area contributed by atoms with Crippen LogP contribution in [0.4, 0.5) is 0 Å². The molecule has 3 unspecified atom stereocenters. The van der Waals surface area contributed by atoms with Crippen LogP contribution in [0.15, 0.2) is 0 Å². The number of carbonyl (C=O) groups excluding carboxylic acids is 4. The molecule has 9 heteroatoms. The molecule has 3 fully saturated rings. The van der Waals surface area contributed by atoms with Crippen molar-refractivity contribution in [3.05, 3.63) is 0 Å². The number of hydrogen-bond acceptors (Lipinski definition) is 5. The van der Waals surface area contributed by atoms with Crippen molar-refractivity contribution in [1.29, 1.82) is 0 Å². The van der Waals surface area contributed by atoms with Crippen molar-refractivity contribution in [2.24, 2.45) is 17.6 Å². The van der Waals surface area contributed by atoms with Gasteiger partial charge in [-0.25, -0.2) is 0 Å². The predicted octanol–water partition coefficient (Wildman–Crippen LogP) is 0.430. The fraction of sp³-hybridized carbons (Fsp3) is 0.789. The van der Waals surface area contributed by atoms with Gasteiger partial charge >= 0.3 is 0 Å². The molecule has 2 aliphatic heterocycles. The van der Waals surface area contributed by atoms with E-state index in [2.05, 4.69) is 5.32 Å². The Morgan fingerprint density at radius 1 is 1.00 bits per heavy atom. The highest BCUT2D eigenvalue weighted by molar-refractivity contribution is 6.07. The molecule has 3 atom stereocenters. The standard InChI is InChI=1S/C19H30N4O4.ClH/c20-9-8-16(24)21-11-13-5-3-4-10-22(13)17(25)12-23-18(26)14-6-1-2-7-15(14)19(23)27;/h13-15H,1-12,20H2,(H,21,24);1H. The summed E-state index contributed by atoms with van der Waals surface area (Å²) in [5, 5.41) is 2.83. The number of halogens is 1. The van der Waals surface area contributed by atoms with Crippen molar-refractivity contribution in [3.63, 3.8) is 0 Å². The summed E-state index contributed by atoms with van der Waals surface area (Å²) >= 11 is 0. The molecule has 1 saturated carbocycles. The number of imide groups is 1. The van der Waals surface area contributed by atoms with Crippen LogP contribution in [0.5, 0.6) is 0 Å². The SMILES string of the molecule is Cl.NCCC(=O)NCC1CCCCN1C(=O)CN1C(=O)C2CCCCC2C1=O. The summed E-state index contributed by atoms with van der Waals surface area (Å²) in [6, 6.07) is -0.0944. The van der Waals surface area contributed by atoms with Crippen LogP contribution in [-0.2, 0) is 19.2 Å². The van der Waals surface area contributed by atoms with E-state index in [1.807, 2.05) is 0 Å². The van der Waals surface area contributed by atoms with Crippen LogP contribution >= 0.6 is 12.4 Å². The van der Waals surface area contributed by atoms with E-state index in [9.17, 15) is 19.2 Å². The first-order valence-corrected chi connectivity index (χ1v) is 10.1. The van der Waals surface area contributed by atoms with Crippen LogP contribution in [0.25, 0.3) is 0 Å². The van der Waals surface area contributed by atoms with Crippen LogP contribution in [0, 0.1) is 11.8 Å². The number of nitrogens with two attached hydrogens (primary N) is 1. The molecule has 28 heavy (non-hydrogen) atoms. The summed E-state index contributed by atoms with van der Waals surface area (Å²) in [7, 11) is 0. The second-order valence-electron chi connectivity index (χ2n) is 7.84. The fourth-order valence-corrected chi connectivity index (χ4v) is 4.61. The van der Waals surface area contributed by atoms with Crippen LogP contribution in [0.1, 0.15) is 51.4 Å². The van der Waals surface area contributed by atoms with Gasteiger partial charge in [0.05, 0.1) is 11.8 Å². The molecule has 4 amide bonds. The van der Waals surface area contributed by atoms with Gasteiger partial charge in [-0.1, -0.05) is 12.8 Å². The van der Waals surface area contributed by atoms with Crippen molar-refractivity contribution in [1.82, 2.24) is 15.1 Å². The molecule has 0 aromatic rings. The third-order valence-corrected chi connectivity index (χ3v) is 6.08. The monoisotopic (exact) mass is 414 g/mol. The molecule has 0 bridgehead atoms. The minimum atomic E-state index is -0.230. The van der Waals surface area contributed by atoms with Crippen LogP contribution < -0.4 is 11.1 Å². The average molecular weight is 415 g/mol. The minimum Gasteiger partial charge on any atom is -0.354 e. The topological polar surface area (TPSA) is 113 Å². The number of amides is 4. The smallest absolute Gasteiger partial charge is 0.243 e. The highest BCUT2D eigenvalue weighted by Crippen LogP contribution is 2.38. The Balaban J connectivity index is 0.00000280. The molecule has 1 aliphatic carbocycles. The predicted molar refractivity (Wildman–Crippen MR) is 105 cm³/mol. The number of rotatable bonds is 6. The molecule has 0 aromatic heterocycles. The number of carbonyl (C=O) groups is 4. The van der Waals surface area contributed by atoms with Gasteiger partial charge < -0.3 is 16.0 Å². The molecule has 158 valence electrons. The first-order valence-electron chi connectivity index (χ1n) is 10.1. The quantitative estimate of drug-likeness (QED) is 0.612. The number of hydrogen-bond donors (Lipinski definition) is 2. The van der Waals surface area contributed by atoms with Gasteiger partial charge in [0.15, 0.2) is 0 Å². The van der Waals surface area contributed by atoms with E-state index in [1.165, 1.54) is 4.90 Å². The zero-order valence-corrected chi connectivity index (χ0v) is 17.0. The van der Waals surface area contributed by atoms with Crippen LogP contribution in [-0.4, -0.2) is 65.6 Å². The molecule has 0 spiro atoms. The average Bonchev–Trinajstić information content (AvgIpc) is 2.92. The fourth-order valence-electron chi connectivity index (χ4n) is 4.61. The van der Waals surface area contributed by atoms with Gasteiger partial charge in [0.1, 0.15) is 6.54 Å². The lowest BCUT2D eigenvalue weighted by molar-refractivity contribution is -0.148. The number of likely N-dealkylation sites (tertiary alicyclic amines) is 2. The number of nitrogens with one attached hydrogen (secondary N) is 1. The number of fused-ring (bicyclic) bond motifs is 1. The molecule has 0 radical (unpaired) electrons. The van der Waals surface area contributed by atoms with E-state index in [0.717, 1.165) is 44.9 Å². The molecule has 8 nitrogen and oxygen atoms in total. The van der Waals surface area contributed by atoms with Gasteiger partial charge in [0.25, 0.3) is 0 Å². The number of piperidine rings is 1. The summed E-state index contributed by atoms with van der Waals surface area (Å²) in [6.07, 6.45) is 6.40. The maximum atomic E-state index is 12.9. The highest BCUT2D eigenvalue weighted by Gasteiger charge is 2.49. The summed E-state index contributed by atoms with van der Waals surface area (Å²) in [5.74, 6) is -1.14. The van der Waals surface area contributed by atoms with E-state index >= 15 is 0 Å². The lowest BCUT2D eigenvalue weighted by Crippen LogP contribution is -2.52. The molecule has 2 heterocycles. The second-order valence-corrected chi connectivity index (χ2v) is 7.84. The Kier molecular flexibility index (Phi) is 8.24.